The zero-order valence-electron chi connectivity index (χ0n) is 11.8. The van der Waals surface area contributed by atoms with Crippen molar-refractivity contribution in [1.82, 2.24) is 10.2 Å². The van der Waals surface area contributed by atoms with Crippen molar-refractivity contribution in [3.05, 3.63) is 33.4 Å². The minimum Gasteiger partial charge on any atom is -0.479 e. The van der Waals surface area contributed by atoms with Crippen molar-refractivity contribution in [2.45, 2.75) is 23.9 Å². The Kier molecular flexibility index (Phi) is 4.79. The molecular formula is C14H13BrN2O4S2. The lowest BCUT2D eigenvalue weighted by Crippen LogP contribution is -2.74. The Morgan fingerprint density at radius 2 is 2.22 bits per heavy atom. The van der Waals surface area contributed by atoms with Crippen LogP contribution < -0.4 is 5.32 Å². The lowest BCUT2D eigenvalue weighted by molar-refractivity contribution is -0.160. The molecule has 122 valence electrons. The molecule has 0 saturated carbocycles. The highest BCUT2D eigenvalue weighted by Gasteiger charge is 2.55. The van der Waals surface area contributed by atoms with Crippen molar-refractivity contribution in [2.75, 3.05) is 5.33 Å². The second-order valence-corrected chi connectivity index (χ2v) is 7.72. The summed E-state index contributed by atoms with van der Waals surface area (Å²) in [6.07, 6.45) is 0.226. The van der Waals surface area contributed by atoms with Crippen LogP contribution in [0.1, 0.15) is 4.88 Å². The molecule has 0 aromatic carbocycles. The fourth-order valence-corrected chi connectivity index (χ4v) is 5.23. The van der Waals surface area contributed by atoms with Gasteiger partial charge in [0.2, 0.25) is 11.8 Å². The van der Waals surface area contributed by atoms with Crippen LogP contribution in [0.25, 0.3) is 0 Å². The fraction of sp³-hybridized carbons (Fsp3) is 0.357. The van der Waals surface area contributed by atoms with Gasteiger partial charge in [-0.15, -0.1) is 23.1 Å². The van der Waals surface area contributed by atoms with Crippen LogP contribution in [0.3, 0.4) is 0 Å². The molecule has 3 rings (SSSR count). The van der Waals surface area contributed by atoms with E-state index in [0.717, 1.165) is 4.88 Å². The molecule has 2 amide bonds. The van der Waals surface area contributed by atoms with Gasteiger partial charge >= 0.3 is 5.97 Å². The molecule has 2 aliphatic rings. The van der Waals surface area contributed by atoms with E-state index in [1.54, 1.807) is 5.41 Å². The van der Waals surface area contributed by atoms with E-state index in [4.69, 9.17) is 0 Å². The topological polar surface area (TPSA) is 86.7 Å². The molecule has 1 saturated heterocycles. The molecule has 2 unspecified atom stereocenters. The number of carbonyl (C=O) groups excluding carboxylic acids is 2. The predicted octanol–water partition coefficient (Wildman–Crippen LogP) is 1.42. The summed E-state index contributed by atoms with van der Waals surface area (Å²) in [6.45, 7) is 0. The number of amides is 2. The van der Waals surface area contributed by atoms with Gasteiger partial charge in [0, 0.05) is 10.2 Å². The van der Waals surface area contributed by atoms with Crippen molar-refractivity contribution in [3.63, 3.8) is 0 Å². The van der Waals surface area contributed by atoms with Crippen LogP contribution in [0.15, 0.2) is 28.5 Å². The number of alkyl halides is 1. The molecule has 3 atom stereocenters. The summed E-state index contributed by atoms with van der Waals surface area (Å²) in [6, 6.07) is 2.10. The number of fused-ring (bicyclic) bond motifs is 1. The molecular weight excluding hydrogens is 404 g/mol. The maximum absolute atomic E-state index is 12.3. The zero-order valence-corrected chi connectivity index (χ0v) is 15.0. The summed E-state index contributed by atoms with van der Waals surface area (Å²) < 4.78 is 0. The van der Waals surface area contributed by atoms with Gasteiger partial charge in [-0.05, 0) is 22.4 Å². The van der Waals surface area contributed by atoms with E-state index in [9.17, 15) is 19.5 Å². The number of thiophene rings is 1. The van der Waals surface area contributed by atoms with E-state index in [1.165, 1.54) is 28.0 Å². The van der Waals surface area contributed by atoms with Gasteiger partial charge in [0.25, 0.3) is 0 Å². The summed E-state index contributed by atoms with van der Waals surface area (Å²) in [5.41, 5.74) is 0.635. The number of hydrogen-bond donors (Lipinski definition) is 2. The monoisotopic (exact) mass is 416 g/mol. The van der Waals surface area contributed by atoms with Gasteiger partial charge < -0.3 is 15.3 Å². The van der Waals surface area contributed by atoms with Crippen molar-refractivity contribution in [2.24, 2.45) is 0 Å². The van der Waals surface area contributed by atoms with Crippen LogP contribution in [0, 0.1) is 0 Å². The van der Waals surface area contributed by atoms with Crippen molar-refractivity contribution in [3.8, 4) is 0 Å². The zero-order chi connectivity index (χ0) is 16.6. The quantitative estimate of drug-likeness (QED) is 0.559. The Labute approximate surface area is 149 Å². The Hall–Kier alpha value is -1.32. The third kappa shape index (κ3) is 3.05. The van der Waals surface area contributed by atoms with E-state index in [1.807, 2.05) is 17.5 Å². The van der Waals surface area contributed by atoms with E-state index < -0.39 is 18.1 Å². The number of halogens is 1. The first-order valence-electron chi connectivity index (χ1n) is 6.80. The highest BCUT2D eigenvalue weighted by Crippen LogP contribution is 2.40. The third-order valence-electron chi connectivity index (χ3n) is 3.69. The van der Waals surface area contributed by atoms with Gasteiger partial charge in [0.1, 0.15) is 11.4 Å². The predicted molar refractivity (Wildman–Crippen MR) is 91.5 cm³/mol. The normalized spacial score (nSPS) is 26.1. The van der Waals surface area contributed by atoms with E-state index in [-0.39, 0.29) is 23.6 Å². The lowest BCUT2D eigenvalue weighted by Gasteiger charge is -2.51. The van der Waals surface area contributed by atoms with Gasteiger partial charge in [-0.1, -0.05) is 22.0 Å². The van der Waals surface area contributed by atoms with E-state index in [2.05, 4.69) is 21.2 Å². The highest BCUT2D eigenvalue weighted by atomic mass is 79.9. The van der Waals surface area contributed by atoms with Gasteiger partial charge in [0.05, 0.1) is 6.42 Å². The van der Waals surface area contributed by atoms with Crippen molar-refractivity contribution in [1.29, 1.82) is 0 Å². The summed E-state index contributed by atoms with van der Waals surface area (Å²) >= 11 is 6.10. The van der Waals surface area contributed by atoms with Crippen LogP contribution in [0.5, 0.6) is 0 Å². The SMILES string of the molecule is O=C(Cc1cccs1)NC1C(=O)N2C(C(=O)O)C(CBr)=CS[C@H]12. The van der Waals surface area contributed by atoms with Crippen LogP contribution in [-0.4, -0.2) is 50.6 Å². The Balaban J connectivity index is 1.68. The number of aliphatic carboxylic acids is 1. The minimum absolute atomic E-state index is 0.226. The number of nitrogens with one attached hydrogen (secondary N) is 1. The molecule has 2 aliphatic heterocycles. The van der Waals surface area contributed by atoms with E-state index >= 15 is 0 Å². The van der Waals surface area contributed by atoms with Gasteiger partial charge in [0.15, 0.2) is 6.04 Å². The number of β-lactam (4-membered cyclic amide) rings is 1. The molecule has 1 aromatic heterocycles. The maximum atomic E-state index is 12.3. The number of hydrogen-bond acceptors (Lipinski definition) is 5. The second-order valence-electron chi connectivity index (χ2n) is 5.14. The molecule has 0 bridgehead atoms. The summed E-state index contributed by atoms with van der Waals surface area (Å²) in [5, 5.41) is 15.8. The van der Waals surface area contributed by atoms with E-state index in [0.29, 0.717) is 10.9 Å². The number of carboxylic acids is 1. The molecule has 3 heterocycles. The molecule has 2 N–H and O–H groups in total. The smallest absolute Gasteiger partial charge is 0.330 e. The van der Waals surface area contributed by atoms with Crippen LogP contribution in [0.2, 0.25) is 0 Å². The standard InChI is InChI=1S/C14H13BrN2O4S2/c15-5-7-6-23-13-10(12(19)17(13)11(7)14(20)21)16-9(18)4-8-2-1-3-22-8/h1-3,6,10-11,13H,4-5H2,(H,16,18)(H,20,21)/t10?,11?,13-/m1/s1. The minimum atomic E-state index is -1.06. The first kappa shape index (κ1) is 16.5. The summed E-state index contributed by atoms with van der Waals surface area (Å²) in [7, 11) is 0. The number of thioether (sulfide) groups is 1. The number of carbonyl (C=O) groups is 3. The number of rotatable bonds is 5. The first-order chi connectivity index (χ1) is 11.0. The summed E-state index contributed by atoms with van der Waals surface area (Å²) in [5.74, 6) is -1.63. The number of carboxylic acid groups (broad SMARTS) is 1. The molecule has 1 aromatic rings. The molecule has 23 heavy (non-hydrogen) atoms. The second kappa shape index (κ2) is 6.66. The third-order valence-corrected chi connectivity index (χ3v) is 6.43. The molecule has 0 radical (unpaired) electrons. The molecule has 0 aliphatic carbocycles. The summed E-state index contributed by atoms with van der Waals surface area (Å²) in [4.78, 5) is 38.1. The fourth-order valence-electron chi connectivity index (χ4n) is 2.62. The van der Waals surface area contributed by atoms with Crippen LogP contribution in [-0.2, 0) is 20.8 Å². The molecule has 9 heteroatoms. The first-order valence-corrected chi connectivity index (χ1v) is 9.74. The van der Waals surface area contributed by atoms with Crippen LogP contribution in [0.4, 0.5) is 0 Å². The molecule has 1 fully saturated rings. The van der Waals surface area contributed by atoms with Crippen LogP contribution >= 0.6 is 39.0 Å². The van der Waals surface area contributed by atoms with Crippen molar-refractivity contribution < 1.29 is 19.5 Å². The van der Waals surface area contributed by atoms with Gasteiger partial charge in [-0.2, -0.15) is 0 Å². The Morgan fingerprint density at radius 3 is 2.83 bits per heavy atom. The van der Waals surface area contributed by atoms with Crippen molar-refractivity contribution >= 4 is 56.8 Å². The lowest BCUT2D eigenvalue weighted by atomic mass is 9.99. The maximum Gasteiger partial charge on any atom is 0.330 e. The van der Waals surface area contributed by atoms with Gasteiger partial charge in [-0.25, -0.2) is 4.79 Å². The number of nitrogens with zero attached hydrogens (tertiary/aromatic N) is 1. The Bertz CT molecular complexity index is 676. The van der Waals surface area contributed by atoms with Gasteiger partial charge in [-0.3, -0.25) is 9.59 Å². The average Bonchev–Trinajstić information content (AvgIpc) is 3.03. The Morgan fingerprint density at radius 1 is 1.43 bits per heavy atom. The highest BCUT2D eigenvalue weighted by molar-refractivity contribution is 9.09. The molecule has 0 spiro atoms. The largest absolute Gasteiger partial charge is 0.479 e. The average molecular weight is 417 g/mol. The molecule has 6 nitrogen and oxygen atoms in total.